The topological polar surface area (TPSA) is 80.0 Å². The van der Waals surface area contributed by atoms with Crippen LogP contribution in [0.3, 0.4) is 0 Å². The van der Waals surface area contributed by atoms with E-state index in [4.69, 9.17) is 19.6 Å². The summed E-state index contributed by atoms with van der Waals surface area (Å²) in [5, 5.41) is 4.71. The number of amidine groups is 1. The van der Waals surface area contributed by atoms with Crippen molar-refractivity contribution >= 4 is 28.5 Å². The molecule has 0 aliphatic carbocycles. The van der Waals surface area contributed by atoms with Gasteiger partial charge in [0.15, 0.2) is 17.3 Å². The lowest BCUT2D eigenvalue weighted by Gasteiger charge is -2.29. The van der Waals surface area contributed by atoms with Crippen LogP contribution in [0.5, 0.6) is 0 Å². The van der Waals surface area contributed by atoms with E-state index in [2.05, 4.69) is 40.4 Å². The molecule has 1 saturated heterocycles. The van der Waals surface area contributed by atoms with E-state index in [1.807, 2.05) is 42.0 Å². The summed E-state index contributed by atoms with van der Waals surface area (Å²) in [5.41, 5.74) is 8.15. The van der Waals surface area contributed by atoms with Gasteiger partial charge in [0.25, 0.3) is 0 Å². The minimum atomic E-state index is 0.591. The molecule has 9 nitrogen and oxygen atoms in total. The van der Waals surface area contributed by atoms with Crippen LogP contribution >= 0.6 is 0 Å². The molecule has 0 radical (unpaired) electrons. The van der Waals surface area contributed by atoms with Gasteiger partial charge in [0.1, 0.15) is 5.52 Å². The van der Waals surface area contributed by atoms with E-state index in [9.17, 15) is 0 Å². The Hall–Kier alpha value is -3.17. The van der Waals surface area contributed by atoms with Gasteiger partial charge in [-0.15, -0.1) is 0 Å². The van der Waals surface area contributed by atoms with Crippen LogP contribution in [-0.4, -0.2) is 79.4 Å². The third kappa shape index (κ3) is 4.84. The van der Waals surface area contributed by atoms with Crippen LogP contribution in [0.15, 0.2) is 41.8 Å². The van der Waals surface area contributed by atoms with Crippen LogP contribution in [0.25, 0.3) is 11.2 Å². The Morgan fingerprint density at radius 1 is 1.25 bits per heavy atom. The predicted octanol–water partition coefficient (Wildman–Crippen LogP) is 2.56. The van der Waals surface area contributed by atoms with Crippen LogP contribution in [0, 0.1) is 6.92 Å². The Kier molecular flexibility index (Phi) is 6.87. The fourth-order valence-electron chi connectivity index (χ4n) is 3.79. The van der Waals surface area contributed by atoms with Crippen LogP contribution in [-0.2, 0) is 16.0 Å². The maximum atomic E-state index is 5.54. The fraction of sp³-hybridized carbons (Fsp3) is 0.435. The Labute approximate surface area is 188 Å². The molecule has 170 valence electrons. The van der Waals surface area contributed by atoms with Gasteiger partial charge in [0.05, 0.1) is 31.8 Å². The van der Waals surface area contributed by atoms with Crippen LogP contribution in [0.2, 0.25) is 0 Å². The van der Waals surface area contributed by atoms with Crippen LogP contribution in [0.4, 0.5) is 11.5 Å². The van der Waals surface area contributed by atoms with Gasteiger partial charge in [0.2, 0.25) is 0 Å². The third-order valence-corrected chi connectivity index (χ3v) is 5.42. The van der Waals surface area contributed by atoms with Crippen molar-refractivity contribution in [1.82, 2.24) is 19.4 Å². The zero-order valence-corrected chi connectivity index (χ0v) is 19.2. The van der Waals surface area contributed by atoms with Crippen molar-refractivity contribution in [3.05, 3.63) is 47.8 Å². The summed E-state index contributed by atoms with van der Waals surface area (Å²) >= 11 is 0. The summed E-state index contributed by atoms with van der Waals surface area (Å²) in [6.45, 7) is 6.39. The molecule has 9 heteroatoms. The van der Waals surface area contributed by atoms with Gasteiger partial charge in [-0.3, -0.25) is 5.43 Å². The number of hydrogen-bond donors (Lipinski definition) is 1. The Morgan fingerprint density at radius 3 is 2.78 bits per heavy atom. The van der Waals surface area contributed by atoms with Crippen molar-refractivity contribution in [2.75, 3.05) is 64.4 Å². The number of aryl methyl sites for hydroxylation is 1. The van der Waals surface area contributed by atoms with E-state index in [1.54, 1.807) is 7.11 Å². The zero-order chi connectivity index (χ0) is 22.5. The molecule has 3 heterocycles. The molecule has 0 atom stereocenters. The molecule has 2 aromatic heterocycles. The van der Waals surface area contributed by atoms with Gasteiger partial charge in [-0.2, -0.15) is 5.10 Å². The SMILES string of the molecule is COCCn1cnc2c(N3CCOCC3)cc(N/N=C(/c3cccc(C)c3)N(C)C)nc21. The second-order valence-corrected chi connectivity index (χ2v) is 8.04. The number of methoxy groups -OCH3 is 1. The molecule has 32 heavy (non-hydrogen) atoms. The quantitative estimate of drug-likeness (QED) is 0.346. The molecular formula is C23H31N7O2. The Morgan fingerprint density at radius 2 is 2.06 bits per heavy atom. The molecule has 0 unspecified atom stereocenters. The number of aromatic nitrogens is 3. The van der Waals surface area contributed by atoms with Crippen molar-refractivity contribution in [3.8, 4) is 0 Å². The van der Waals surface area contributed by atoms with E-state index < -0.39 is 0 Å². The van der Waals surface area contributed by atoms with E-state index in [-0.39, 0.29) is 0 Å². The second kappa shape index (κ2) is 9.97. The van der Waals surface area contributed by atoms with E-state index in [0.29, 0.717) is 32.2 Å². The van der Waals surface area contributed by atoms with Crippen molar-refractivity contribution in [3.63, 3.8) is 0 Å². The first-order chi connectivity index (χ1) is 15.6. The first-order valence-electron chi connectivity index (χ1n) is 10.8. The highest BCUT2D eigenvalue weighted by molar-refractivity contribution is 5.99. The van der Waals surface area contributed by atoms with E-state index in [1.165, 1.54) is 5.56 Å². The third-order valence-electron chi connectivity index (χ3n) is 5.42. The summed E-state index contributed by atoms with van der Waals surface area (Å²) in [6, 6.07) is 10.3. The maximum absolute atomic E-state index is 5.54. The smallest absolute Gasteiger partial charge is 0.164 e. The average molecular weight is 438 g/mol. The van der Waals surface area contributed by atoms with Gasteiger partial charge in [-0.25, -0.2) is 9.97 Å². The summed E-state index contributed by atoms with van der Waals surface area (Å²) in [7, 11) is 5.67. The molecule has 0 bridgehead atoms. The maximum Gasteiger partial charge on any atom is 0.164 e. The average Bonchev–Trinajstić information content (AvgIpc) is 3.20. The number of nitrogens with zero attached hydrogens (tertiary/aromatic N) is 6. The molecule has 0 saturated carbocycles. The molecule has 3 aromatic rings. The lowest BCUT2D eigenvalue weighted by molar-refractivity contribution is 0.123. The minimum absolute atomic E-state index is 0.591. The Bertz CT molecular complexity index is 1090. The van der Waals surface area contributed by atoms with Gasteiger partial charge >= 0.3 is 0 Å². The fourth-order valence-corrected chi connectivity index (χ4v) is 3.79. The van der Waals surface area contributed by atoms with Crippen LogP contribution in [0.1, 0.15) is 11.1 Å². The number of rotatable bonds is 7. The summed E-state index contributed by atoms with van der Waals surface area (Å²) in [6.07, 6.45) is 1.83. The summed E-state index contributed by atoms with van der Waals surface area (Å²) in [4.78, 5) is 13.8. The van der Waals surface area contributed by atoms with E-state index in [0.717, 1.165) is 41.3 Å². The molecule has 1 N–H and O–H groups in total. The number of pyridine rings is 1. The highest BCUT2D eigenvalue weighted by Crippen LogP contribution is 2.28. The number of nitrogens with one attached hydrogen (secondary N) is 1. The first-order valence-corrected chi connectivity index (χ1v) is 10.8. The van der Waals surface area contributed by atoms with Crippen molar-refractivity contribution < 1.29 is 9.47 Å². The number of anilines is 2. The number of fused-ring (bicyclic) bond motifs is 1. The summed E-state index contributed by atoms with van der Waals surface area (Å²) in [5.74, 6) is 1.50. The number of morpholine rings is 1. The van der Waals surface area contributed by atoms with Gasteiger partial charge in [-0.1, -0.05) is 23.8 Å². The van der Waals surface area contributed by atoms with Crippen molar-refractivity contribution in [1.29, 1.82) is 0 Å². The number of benzene rings is 1. The number of hydrogen-bond acceptors (Lipinski definition) is 7. The molecular weight excluding hydrogens is 406 g/mol. The molecule has 0 amide bonds. The predicted molar refractivity (Wildman–Crippen MR) is 127 cm³/mol. The van der Waals surface area contributed by atoms with Crippen LogP contribution < -0.4 is 10.3 Å². The Balaban J connectivity index is 1.72. The molecule has 1 fully saturated rings. The lowest BCUT2D eigenvalue weighted by Crippen LogP contribution is -2.36. The highest BCUT2D eigenvalue weighted by atomic mass is 16.5. The largest absolute Gasteiger partial charge is 0.383 e. The van der Waals surface area contributed by atoms with Crippen molar-refractivity contribution in [2.24, 2.45) is 5.10 Å². The molecule has 1 aromatic carbocycles. The lowest BCUT2D eigenvalue weighted by atomic mass is 10.1. The van der Waals surface area contributed by atoms with Gasteiger partial charge in [-0.05, 0) is 13.0 Å². The first kappa shape index (κ1) is 22.0. The second-order valence-electron chi connectivity index (χ2n) is 8.04. The normalized spacial score (nSPS) is 14.8. The standard InChI is InChI=1S/C23H31N7O2/c1-17-6-5-7-18(14-17)22(28(2)3)27-26-20-15-19(29-9-12-32-13-10-29)21-23(25-20)30(16-24-21)8-11-31-4/h5-7,14-16H,8-13H2,1-4H3,(H,25,26)/b27-22-. The molecule has 0 spiro atoms. The summed E-state index contributed by atoms with van der Waals surface area (Å²) < 4.78 is 12.8. The number of ether oxygens (including phenoxy) is 2. The monoisotopic (exact) mass is 437 g/mol. The molecule has 1 aliphatic heterocycles. The number of imidazole rings is 1. The van der Waals surface area contributed by atoms with Gasteiger partial charge in [0, 0.05) is 52.5 Å². The zero-order valence-electron chi connectivity index (χ0n) is 19.2. The van der Waals surface area contributed by atoms with Crippen molar-refractivity contribution in [2.45, 2.75) is 13.5 Å². The minimum Gasteiger partial charge on any atom is -0.383 e. The molecule has 1 aliphatic rings. The van der Waals surface area contributed by atoms with Gasteiger partial charge < -0.3 is 23.8 Å². The number of hydrazone groups is 1. The molecule has 4 rings (SSSR count). The van der Waals surface area contributed by atoms with E-state index >= 15 is 0 Å². The highest BCUT2D eigenvalue weighted by Gasteiger charge is 2.19.